The van der Waals surface area contributed by atoms with Crippen LogP contribution in [0.3, 0.4) is 0 Å². The van der Waals surface area contributed by atoms with Crippen molar-refractivity contribution in [2.45, 2.75) is 57.6 Å². The average molecular weight is 655 g/mol. The van der Waals surface area contributed by atoms with Gasteiger partial charge in [0, 0.05) is 12.1 Å². The molecule has 3 rings (SSSR count). The number of methoxy groups -OCH3 is 1. The lowest BCUT2D eigenvalue weighted by Gasteiger charge is -2.33. The fraction of sp³-hybridized carbons (Fsp3) is 0.333. The van der Waals surface area contributed by atoms with Crippen molar-refractivity contribution in [3.05, 3.63) is 86.9 Å². The molecule has 1 N–H and O–H groups in total. The third-order valence-corrected chi connectivity index (χ3v) is 9.14. The van der Waals surface area contributed by atoms with Crippen LogP contribution in [0, 0.1) is 6.92 Å². The van der Waals surface area contributed by atoms with E-state index < -0.39 is 40.0 Å². The largest absolute Gasteiger partial charge is 0.495 e. The first-order valence-electron chi connectivity index (χ1n) is 13.0. The molecule has 0 bridgehead atoms. The van der Waals surface area contributed by atoms with Crippen molar-refractivity contribution in [1.29, 1.82) is 0 Å². The Morgan fingerprint density at radius 3 is 2.12 bits per heavy atom. The van der Waals surface area contributed by atoms with Gasteiger partial charge in [-0.3, -0.25) is 13.9 Å². The third-order valence-electron chi connectivity index (χ3n) is 6.31. The van der Waals surface area contributed by atoms with Crippen LogP contribution < -0.4 is 14.4 Å². The van der Waals surface area contributed by atoms with E-state index in [2.05, 4.69) is 5.32 Å². The van der Waals surface area contributed by atoms with Crippen molar-refractivity contribution in [1.82, 2.24) is 10.2 Å². The first-order chi connectivity index (χ1) is 19.5. The highest BCUT2D eigenvalue weighted by Crippen LogP contribution is 2.32. The molecule has 0 fully saturated rings. The van der Waals surface area contributed by atoms with Gasteiger partial charge in [-0.05, 0) is 82.6 Å². The van der Waals surface area contributed by atoms with Gasteiger partial charge in [0.2, 0.25) is 11.8 Å². The van der Waals surface area contributed by atoms with Crippen LogP contribution in [0.2, 0.25) is 15.1 Å². The number of carbonyl (C=O) groups excluding carboxylic acids is 2. The number of benzene rings is 3. The van der Waals surface area contributed by atoms with Crippen molar-refractivity contribution in [2.75, 3.05) is 18.0 Å². The molecule has 0 unspecified atom stereocenters. The number of amides is 2. The van der Waals surface area contributed by atoms with E-state index in [-0.39, 0.29) is 27.2 Å². The summed E-state index contributed by atoms with van der Waals surface area (Å²) in [5.74, 6) is -0.690. The highest BCUT2D eigenvalue weighted by atomic mass is 35.5. The molecule has 226 valence electrons. The molecule has 8 nitrogen and oxygen atoms in total. The summed E-state index contributed by atoms with van der Waals surface area (Å²) in [6, 6.07) is 14.6. The lowest BCUT2D eigenvalue weighted by atomic mass is 10.1. The average Bonchev–Trinajstić information content (AvgIpc) is 2.91. The fourth-order valence-corrected chi connectivity index (χ4v) is 6.05. The van der Waals surface area contributed by atoms with Crippen LogP contribution in [-0.2, 0) is 26.2 Å². The number of halogens is 3. The Bertz CT molecular complexity index is 1560. The van der Waals surface area contributed by atoms with Gasteiger partial charge in [0.1, 0.15) is 18.3 Å². The highest BCUT2D eigenvalue weighted by Gasteiger charge is 2.33. The Hall–Kier alpha value is -2.98. The van der Waals surface area contributed by atoms with Crippen molar-refractivity contribution >= 4 is 62.3 Å². The summed E-state index contributed by atoms with van der Waals surface area (Å²) in [4.78, 5) is 28.6. The molecular formula is C30H34Cl3N3O5S. The number of ether oxygens (including phenoxy) is 1. The van der Waals surface area contributed by atoms with Crippen LogP contribution in [-0.4, -0.2) is 50.4 Å². The first kappa shape index (κ1) is 33.5. The Balaban J connectivity index is 2.09. The number of hydrogen-bond donors (Lipinski definition) is 1. The third kappa shape index (κ3) is 8.31. The van der Waals surface area contributed by atoms with Crippen molar-refractivity contribution in [2.24, 2.45) is 0 Å². The van der Waals surface area contributed by atoms with Gasteiger partial charge in [0.25, 0.3) is 10.0 Å². The molecule has 0 aromatic heterocycles. The van der Waals surface area contributed by atoms with Crippen LogP contribution in [0.15, 0.2) is 65.6 Å². The molecule has 0 spiro atoms. The lowest BCUT2D eigenvalue weighted by molar-refractivity contribution is -0.140. The molecule has 0 saturated heterocycles. The topological polar surface area (TPSA) is 96.0 Å². The molecular weight excluding hydrogens is 621 g/mol. The standard InChI is InChI=1S/C30H34Cl3N3O5S/c1-19-7-11-23(12-8-19)42(39,40)36(22-10-14-27(41-6)26(33)16-22)18-28(37)35(20(2)29(38)34-30(3,4)5)17-21-9-13-24(31)25(32)15-21/h7-16,20H,17-18H2,1-6H3,(H,34,38)/t20-/m1/s1. The molecule has 3 aromatic carbocycles. The molecule has 0 radical (unpaired) electrons. The fourth-order valence-electron chi connectivity index (χ4n) is 4.07. The van der Waals surface area contributed by atoms with Crippen molar-refractivity contribution in [3.8, 4) is 5.75 Å². The zero-order valence-electron chi connectivity index (χ0n) is 24.2. The van der Waals surface area contributed by atoms with E-state index in [1.807, 2.05) is 27.7 Å². The van der Waals surface area contributed by atoms with E-state index in [1.54, 1.807) is 37.3 Å². The smallest absolute Gasteiger partial charge is 0.264 e. The summed E-state index contributed by atoms with van der Waals surface area (Å²) >= 11 is 18.7. The van der Waals surface area contributed by atoms with E-state index in [0.29, 0.717) is 16.3 Å². The molecule has 12 heteroatoms. The monoisotopic (exact) mass is 653 g/mol. The quantitative estimate of drug-likeness (QED) is 0.270. The zero-order valence-corrected chi connectivity index (χ0v) is 27.3. The summed E-state index contributed by atoms with van der Waals surface area (Å²) in [5, 5.41) is 3.67. The Kier molecular flexibility index (Phi) is 10.8. The Morgan fingerprint density at radius 2 is 1.57 bits per heavy atom. The van der Waals surface area contributed by atoms with E-state index >= 15 is 0 Å². The molecule has 3 aromatic rings. The van der Waals surface area contributed by atoms with Gasteiger partial charge in [0.15, 0.2) is 0 Å². The molecule has 0 saturated carbocycles. The Labute approximate surface area is 262 Å². The number of hydrogen-bond acceptors (Lipinski definition) is 5. The van der Waals surface area contributed by atoms with Crippen molar-refractivity contribution < 1.29 is 22.7 Å². The first-order valence-corrected chi connectivity index (χ1v) is 15.6. The van der Waals surface area contributed by atoms with Gasteiger partial charge < -0.3 is 15.0 Å². The van der Waals surface area contributed by atoms with Crippen LogP contribution in [0.5, 0.6) is 5.75 Å². The van der Waals surface area contributed by atoms with Gasteiger partial charge in [-0.15, -0.1) is 0 Å². The number of rotatable bonds is 10. The molecule has 2 amide bonds. The van der Waals surface area contributed by atoms with Crippen LogP contribution in [0.1, 0.15) is 38.8 Å². The number of anilines is 1. The minimum absolute atomic E-state index is 0.0117. The van der Waals surface area contributed by atoms with Crippen LogP contribution in [0.25, 0.3) is 0 Å². The Morgan fingerprint density at radius 1 is 0.929 bits per heavy atom. The van der Waals surface area contributed by atoms with E-state index in [0.717, 1.165) is 9.87 Å². The minimum Gasteiger partial charge on any atom is -0.495 e. The van der Waals surface area contributed by atoms with E-state index in [1.165, 1.54) is 42.3 Å². The number of sulfonamides is 1. The summed E-state index contributed by atoms with van der Waals surface area (Å²) in [6.45, 7) is 8.25. The number of aryl methyl sites for hydroxylation is 1. The maximum atomic E-state index is 14.1. The maximum absolute atomic E-state index is 14.1. The van der Waals surface area contributed by atoms with Gasteiger partial charge in [0.05, 0.1) is 32.8 Å². The predicted molar refractivity (Wildman–Crippen MR) is 168 cm³/mol. The second-order valence-corrected chi connectivity index (χ2v) is 13.9. The second kappa shape index (κ2) is 13.5. The number of nitrogens with one attached hydrogen (secondary N) is 1. The maximum Gasteiger partial charge on any atom is 0.264 e. The second-order valence-electron chi connectivity index (χ2n) is 10.8. The molecule has 0 heterocycles. The summed E-state index contributed by atoms with van der Waals surface area (Å²) in [7, 11) is -2.81. The molecule has 42 heavy (non-hydrogen) atoms. The summed E-state index contributed by atoms with van der Waals surface area (Å²) in [6.07, 6.45) is 0. The van der Waals surface area contributed by atoms with Gasteiger partial charge >= 0.3 is 0 Å². The molecule has 1 atom stereocenters. The number of nitrogens with zero attached hydrogens (tertiary/aromatic N) is 2. The summed E-state index contributed by atoms with van der Waals surface area (Å²) < 4.78 is 34.1. The van der Waals surface area contributed by atoms with E-state index in [4.69, 9.17) is 39.5 Å². The predicted octanol–water partition coefficient (Wildman–Crippen LogP) is 6.49. The van der Waals surface area contributed by atoms with Gasteiger partial charge in [-0.1, -0.05) is 58.6 Å². The molecule has 0 aliphatic carbocycles. The van der Waals surface area contributed by atoms with Crippen LogP contribution >= 0.6 is 34.8 Å². The normalized spacial score (nSPS) is 12.4. The zero-order chi connectivity index (χ0) is 31.4. The lowest BCUT2D eigenvalue weighted by Crippen LogP contribution is -2.54. The highest BCUT2D eigenvalue weighted by molar-refractivity contribution is 7.92. The SMILES string of the molecule is COc1ccc(N(CC(=O)N(Cc2ccc(Cl)c(Cl)c2)[C@H](C)C(=O)NC(C)(C)C)S(=O)(=O)c2ccc(C)cc2)cc1Cl. The summed E-state index contributed by atoms with van der Waals surface area (Å²) in [5.41, 5.74) is 1.06. The molecule has 0 aliphatic rings. The van der Waals surface area contributed by atoms with E-state index in [9.17, 15) is 18.0 Å². The molecule has 0 aliphatic heterocycles. The minimum atomic E-state index is -4.25. The van der Waals surface area contributed by atoms with Crippen LogP contribution in [0.4, 0.5) is 5.69 Å². The van der Waals surface area contributed by atoms with Gasteiger partial charge in [-0.2, -0.15) is 0 Å². The van der Waals surface area contributed by atoms with Gasteiger partial charge in [-0.25, -0.2) is 8.42 Å². The van der Waals surface area contributed by atoms with Crippen molar-refractivity contribution in [3.63, 3.8) is 0 Å². The number of carbonyl (C=O) groups is 2.